The van der Waals surface area contributed by atoms with E-state index in [2.05, 4.69) is 10.6 Å². The second-order valence-electron chi connectivity index (χ2n) is 8.68. The molecule has 2 unspecified atom stereocenters. The van der Waals surface area contributed by atoms with Crippen molar-refractivity contribution in [2.45, 2.75) is 65.1 Å². The summed E-state index contributed by atoms with van der Waals surface area (Å²) in [7, 11) is 0. The molecule has 0 radical (unpaired) electrons. The second kappa shape index (κ2) is 10.7. The molecule has 2 atom stereocenters. The van der Waals surface area contributed by atoms with E-state index >= 15 is 0 Å². The summed E-state index contributed by atoms with van der Waals surface area (Å²) in [6, 6.07) is 0. The van der Waals surface area contributed by atoms with Crippen molar-refractivity contribution in [1.82, 2.24) is 10.6 Å². The van der Waals surface area contributed by atoms with Crippen LogP contribution < -0.4 is 16.4 Å². The zero-order valence-electron chi connectivity index (χ0n) is 18.0. The van der Waals surface area contributed by atoms with Gasteiger partial charge in [-0.25, -0.2) is 4.79 Å². The summed E-state index contributed by atoms with van der Waals surface area (Å²) in [5.41, 5.74) is 5.66. The summed E-state index contributed by atoms with van der Waals surface area (Å²) >= 11 is 0. The number of carbonyl (C=O) groups excluding carboxylic acids is 4. The van der Waals surface area contributed by atoms with E-state index in [9.17, 15) is 19.2 Å². The van der Waals surface area contributed by atoms with Gasteiger partial charge >= 0.3 is 6.09 Å². The van der Waals surface area contributed by atoms with E-state index < -0.39 is 18.3 Å². The first kappa shape index (κ1) is 24.0. The smallest absolute Gasteiger partial charge is 0.405 e. The molecule has 1 heterocycles. The van der Waals surface area contributed by atoms with E-state index in [1.165, 1.54) is 0 Å². The number of allylic oxidation sites excluding steroid dienone is 2. The average Bonchev–Trinajstić information content (AvgIpc) is 2.65. The maximum atomic E-state index is 12.5. The summed E-state index contributed by atoms with van der Waals surface area (Å²) in [6.07, 6.45) is -0.295. The van der Waals surface area contributed by atoms with E-state index in [-0.39, 0.29) is 28.3 Å². The van der Waals surface area contributed by atoms with Gasteiger partial charge < -0.3 is 25.8 Å². The number of nitrogens with two attached hydrogens (primary N) is 1. The molecule has 0 bridgehead atoms. The number of rotatable bonds is 9. The molecule has 168 valence electrons. The Kier molecular flexibility index (Phi) is 8.54. The van der Waals surface area contributed by atoms with Crippen molar-refractivity contribution in [3.05, 3.63) is 11.3 Å². The predicted octanol–water partition coefficient (Wildman–Crippen LogP) is 1.000. The zero-order chi connectivity index (χ0) is 22.3. The first-order valence-corrected chi connectivity index (χ1v) is 10.4. The van der Waals surface area contributed by atoms with Crippen LogP contribution in [-0.4, -0.2) is 61.9 Å². The van der Waals surface area contributed by atoms with E-state index in [0.29, 0.717) is 64.0 Å². The van der Waals surface area contributed by atoms with Gasteiger partial charge in [-0.2, -0.15) is 0 Å². The number of amides is 1. The van der Waals surface area contributed by atoms with Crippen molar-refractivity contribution in [2.24, 2.45) is 11.1 Å². The van der Waals surface area contributed by atoms with Crippen molar-refractivity contribution >= 4 is 23.4 Å². The van der Waals surface area contributed by atoms with Gasteiger partial charge in [-0.1, -0.05) is 13.8 Å². The van der Waals surface area contributed by atoms with Crippen molar-refractivity contribution in [3.8, 4) is 0 Å². The lowest BCUT2D eigenvalue weighted by Gasteiger charge is -2.29. The van der Waals surface area contributed by atoms with Crippen molar-refractivity contribution < 1.29 is 28.7 Å². The number of carbonyl (C=O) groups is 4. The van der Waals surface area contributed by atoms with Gasteiger partial charge in [-0.05, 0) is 31.6 Å². The number of ether oxygens (including phenoxy) is 2. The van der Waals surface area contributed by atoms with Crippen LogP contribution in [0, 0.1) is 5.41 Å². The monoisotopic (exact) mass is 423 g/mol. The van der Waals surface area contributed by atoms with Crippen LogP contribution in [0.3, 0.4) is 0 Å². The number of unbranched alkanes of at least 4 members (excludes halogenated alkanes) is 1. The van der Waals surface area contributed by atoms with Crippen LogP contribution in [-0.2, 0) is 23.9 Å². The second-order valence-corrected chi connectivity index (χ2v) is 8.68. The maximum Gasteiger partial charge on any atom is 0.405 e. The third-order valence-electron chi connectivity index (χ3n) is 5.31. The van der Waals surface area contributed by atoms with Crippen LogP contribution in [0.15, 0.2) is 11.3 Å². The van der Waals surface area contributed by atoms with Crippen LogP contribution in [0.4, 0.5) is 4.79 Å². The van der Waals surface area contributed by atoms with Crippen molar-refractivity contribution in [2.75, 3.05) is 26.2 Å². The number of ketones is 3. The van der Waals surface area contributed by atoms with E-state index in [4.69, 9.17) is 15.2 Å². The van der Waals surface area contributed by atoms with Crippen molar-refractivity contribution in [1.29, 1.82) is 0 Å². The first-order chi connectivity index (χ1) is 14.1. The fourth-order valence-corrected chi connectivity index (χ4v) is 3.86. The highest BCUT2D eigenvalue weighted by atomic mass is 16.6. The molecule has 0 aromatic carbocycles. The minimum atomic E-state index is -0.993. The fourth-order valence-electron chi connectivity index (χ4n) is 3.86. The summed E-state index contributed by atoms with van der Waals surface area (Å²) in [5.74, 6) is -0.543. The van der Waals surface area contributed by atoms with Gasteiger partial charge in [0.15, 0.2) is 17.7 Å². The van der Waals surface area contributed by atoms with Gasteiger partial charge in [0.05, 0.1) is 12.2 Å². The minimum Gasteiger partial charge on any atom is -0.438 e. The number of primary amides is 1. The van der Waals surface area contributed by atoms with Gasteiger partial charge in [0.2, 0.25) is 5.78 Å². The lowest BCUT2D eigenvalue weighted by atomic mass is 9.73. The Hall–Kier alpha value is -2.26. The van der Waals surface area contributed by atoms with Gasteiger partial charge in [-0.3, -0.25) is 14.4 Å². The molecule has 9 nitrogen and oxygen atoms in total. The summed E-state index contributed by atoms with van der Waals surface area (Å²) in [4.78, 5) is 48.4. The third-order valence-corrected chi connectivity index (χ3v) is 5.31. The molecule has 2 rings (SSSR count). The van der Waals surface area contributed by atoms with E-state index in [1.807, 2.05) is 13.8 Å². The molecule has 1 aliphatic heterocycles. The first-order valence-electron chi connectivity index (χ1n) is 10.4. The maximum absolute atomic E-state index is 12.5. The molecule has 4 N–H and O–H groups in total. The molecule has 2 fully saturated rings. The Balaban J connectivity index is 1.83. The molecule has 9 heteroatoms. The Bertz CT molecular complexity index is 688. The molecule has 1 amide bonds. The molecular weight excluding hydrogens is 390 g/mol. The lowest BCUT2D eigenvalue weighted by molar-refractivity contribution is -0.141. The van der Waals surface area contributed by atoms with E-state index in [1.54, 1.807) is 6.92 Å². The van der Waals surface area contributed by atoms with Crippen LogP contribution in [0.1, 0.15) is 52.9 Å². The fraction of sp³-hybridized carbons (Fsp3) is 0.714. The number of nitrogens with one attached hydrogen (secondary N) is 2. The highest BCUT2D eigenvalue weighted by Crippen LogP contribution is 2.34. The Morgan fingerprint density at radius 1 is 1.27 bits per heavy atom. The number of morpholine rings is 1. The normalized spacial score (nSPS) is 22.4. The van der Waals surface area contributed by atoms with Gasteiger partial charge in [-0.15, -0.1) is 0 Å². The summed E-state index contributed by atoms with van der Waals surface area (Å²) < 4.78 is 10.4. The molecule has 0 spiro atoms. The van der Waals surface area contributed by atoms with Gasteiger partial charge in [0.25, 0.3) is 0 Å². The van der Waals surface area contributed by atoms with Crippen LogP contribution >= 0.6 is 0 Å². The van der Waals surface area contributed by atoms with Crippen molar-refractivity contribution in [3.63, 3.8) is 0 Å². The third kappa shape index (κ3) is 6.91. The molecule has 30 heavy (non-hydrogen) atoms. The number of hydrogen-bond acceptors (Lipinski definition) is 8. The predicted molar refractivity (Wildman–Crippen MR) is 110 cm³/mol. The van der Waals surface area contributed by atoms with Gasteiger partial charge in [0.1, 0.15) is 6.10 Å². The van der Waals surface area contributed by atoms with Crippen LogP contribution in [0.2, 0.25) is 0 Å². The van der Waals surface area contributed by atoms with Crippen LogP contribution in [0.25, 0.3) is 0 Å². The molecule has 0 aromatic heterocycles. The zero-order valence-corrected chi connectivity index (χ0v) is 18.0. The molecule has 1 saturated heterocycles. The Morgan fingerprint density at radius 3 is 2.50 bits per heavy atom. The quantitative estimate of drug-likeness (QED) is 0.284. The molecule has 1 aliphatic carbocycles. The molecule has 2 aliphatic rings. The topological polar surface area (TPSA) is 137 Å². The summed E-state index contributed by atoms with van der Waals surface area (Å²) in [6.45, 7) is 7.58. The SMILES string of the molecule is CC(NCCCCC(OC(N)=O)C(=O)C1CNCCO1)=C1C(=O)CC(C)(C)CC1=O. The molecular formula is C21H33N3O6. The molecule has 1 saturated carbocycles. The standard InChI is InChI=1S/C21H33N3O6/c1-13(18-14(25)10-21(2,3)11-15(18)26)24-7-5-4-6-16(30-20(22)28)19(27)17-12-23-8-9-29-17/h16-17,23-24H,4-12H2,1-3H3,(H2,22,28). The highest BCUT2D eigenvalue weighted by Gasteiger charge is 2.36. The van der Waals surface area contributed by atoms with Crippen LogP contribution in [0.5, 0.6) is 0 Å². The Morgan fingerprint density at radius 2 is 1.93 bits per heavy atom. The minimum absolute atomic E-state index is 0.122. The number of Topliss-reactive ketones (excluding diaryl/α,β-unsaturated/α-hetero) is 3. The Labute approximate surface area is 177 Å². The average molecular weight is 424 g/mol. The van der Waals surface area contributed by atoms with Gasteiger partial charge in [0, 0.05) is 38.2 Å². The largest absolute Gasteiger partial charge is 0.438 e. The molecule has 0 aromatic rings. The summed E-state index contributed by atoms with van der Waals surface area (Å²) in [5, 5.41) is 6.20. The van der Waals surface area contributed by atoms with E-state index in [0.717, 1.165) is 0 Å². The lowest BCUT2D eigenvalue weighted by Crippen LogP contribution is -2.48. The highest BCUT2D eigenvalue weighted by molar-refractivity contribution is 6.22. The number of hydrogen-bond donors (Lipinski definition) is 3.